The van der Waals surface area contributed by atoms with Gasteiger partial charge in [0.25, 0.3) is 0 Å². The average molecular weight is 304 g/mol. The summed E-state index contributed by atoms with van der Waals surface area (Å²) in [6.45, 7) is 0. The van der Waals surface area contributed by atoms with Crippen molar-refractivity contribution >= 4 is 31.6 Å². The van der Waals surface area contributed by atoms with Crippen molar-refractivity contribution in [3.05, 3.63) is 54.1 Å². The number of carbonyl (C=O) groups excluding carboxylic acids is 1. The number of anilines is 1. The van der Waals surface area contributed by atoms with Crippen molar-refractivity contribution in [1.82, 2.24) is 0 Å². The molecule has 90 valence electrons. The van der Waals surface area contributed by atoms with Crippen molar-refractivity contribution in [3.63, 3.8) is 0 Å². The summed E-state index contributed by atoms with van der Waals surface area (Å²) in [5.41, 5.74) is 2.07. The molecule has 0 saturated heterocycles. The van der Waals surface area contributed by atoms with Gasteiger partial charge in [-0.2, -0.15) is 0 Å². The minimum absolute atomic E-state index is 0.110. The predicted octanol–water partition coefficient (Wildman–Crippen LogP) is 1.40. The van der Waals surface area contributed by atoms with Gasteiger partial charge in [0.1, 0.15) is 0 Å². The van der Waals surface area contributed by atoms with Crippen LogP contribution in [0.3, 0.4) is 0 Å². The van der Waals surface area contributed by atoms with Crippen molar-refractivity contribution in [1.29, 1.82) is 0 Å². The third kappa shape index (κ3) is 1.80. The summed E-state index contributed by atoms with van der Waals surface area (Å²) in [4.78, 5) is 11.3. The fourth-order valence-electron chi connectivity index (χ4n) is 2.04. The van der Waals surface area contributed by atoms with Gasteiger partial charge in [0.05, 0.1) is 0 Å². The zero-order valence-electron chi connectivity index (χ0n) is 9.48. The molecule has 3 nitrogen and oxygen atoms in total. The molecule has 0 bridgehead atoms. The zero-order valence-corrected chi connectivity index (χ0v) is 11.2. The molecule has 0 amide bonds. The number of hydrogen-bond donors (Lipinski definition) is 1. The van der Waals surface area contributed by atoms with E-state index in [1.807, 2.05) is 30.3 Å². The molecular formula is C14H11NO2Se. The zero-order chi connectivity index (χ0) is 12.5. The Morgan fingerprint density at radius 3 is 2.56 bits per heavy atom. The van der Waals surface area contributed by atoms with E-state index in [1.165, 1.54) is 4.46 Å². The average Bonchev–Trinajstić information content (AvgIpc) is 2.78. The molecule has 1 N–H and O–H groups in total. The van der Waals surface area contributed by atoms with Crippen LogP contribution >= 0.6 is 0 Å². The first-order valence-electron chi connectivity index (χ1n) is 5.60. The molecule has 1 aliphatic heterocycles. The van der Waals surface area contributed by atoms with Crippen molar-refractivity contribution < 1.29 is 9.90 Å². The van der Waals surface area contributed by atoms with Gasteiger partial charge in [0, 0.05) is 0 Å². The molecule has 0 spiro atoms. The molecule has 0 aliphatic carbocycles. The first-order valence-corrected chi connectivity index (χ1v) is 7.22. The van der Waals surface area contributed by atoms with Crippen LogP contribution in [-0.4, -0.2) is 26.6 Å². The molecule has 1 aliphatic rings. The fraction of sp³-hybridized carbons (Fsp3) is 0.0714. The van der Waals surface area contributed by atoms with Crippen molar-refractivity contribution in [2.75, 3.05) is 3.92 Å². The van der Waals surface area contributed by atoms with E-state index in [0.717, 1.165) is 17.5 Å². The Balaban J connectivity index is 2.00. The van der Waals surface area contributed by atoms with Gasteiger partial charge in [-0.05, 0) is 0 Å². The van der Waals surface area contributed by atoms with Gasteiger partial charge in [-0.25, -0.2) is 0 Å². The molecule has 0 fully saturated rings. The number of hydrogen-bond acceptors (Lipinski definition) is 3. The second-order valence-corrected chi connectivity index (χ2v) is 6.18. The number of aldehydes is 1. The number of aromatic hydroxyl groups is 1. The van der Waals surface area contributed by atoms with E-state index in [1.54, 1.807) is 12.1 Å². The van der Waals surface area contributed by atoms with Crippen LogP contribution in [0.5, 0.6) is 5.75 Å². The van der Waals surface area contributed by atoms with Crippen molar-refractivity contribution in [3.8, 4) is 5.75 Å². The number of phenols is 1. The van der Waals surface area contributed by atoms with E-state index in [0.29, 0.717) is 0 Å². The summed E-state index contributed by atoms with van der Waals surface area (Å²) in [6, 6.07) is 14.8. The topological polar surface area (TPSA) is 40.5 Å². The van der Waals surface area contributed by atoms with Crippen molar-refractivity contribution in [2.45, 2.75) is 6.04 Å². The molecule has 1 atom stereocenters. The SMILES string of the molecule is O=CC1c2ccccc2[Se]N1c1ccc(O)cc1. The molecule has 18 heavy (non-hydrogen) atoms. The number of phenolic OH excluding ortho intramolecular Hbond substituents is 1. The summed E-state index contributed by atoms with van der Waals surface area (Å²) in [5.74, 6) is 0.241. The fourth-order valence-corrected chi connectivity index (χ4v) is 4.45. The van der Waals surface area contributed by atoms with E-state index >= 15 is 0 Å². The summed E-state index contributed by atoms with van der Waals surface area (Å²) >= 11 is 0.110. The number of fused-ring (bicyclic) bond motifs is 1. The van der Waals surface area contributed by atoms with E-state index in [4.69, 9.17) is 0 Å². The van der Waals surface area contributed by atoms with Crippen LogP contribution in [0.2, 0.25) is 0 Å². The van der Waals surface area contributed by atoms with Gasteiger partial charge in [0.2, 0.25) is 0 Å². The quantitative estimate of drug-likeness (QED) is 0.673. The Hall–Kier alpha value is -1.77. The van der Waals surface area contributed by atoms with Crippen molar-refractivity contribution in [2.24, 2.45) is 0 Å². The second kappa shape index (κ2) is 4.48. The van der Waals surface area contributed by atoms with Gasteiger partial charge in [-0.3, -0.25) is 0 Å². The van der Waals surface area contributed by atoms with Gasteiger partial charge < -0.3 is 0 Å². The summed E-state index contributed by atoms with van der Waals surface area (Å²) in [7, 11) is 0. The van der Waals surface area contributed by atoms with Crippen LogP contribution in [0.4, 0.5) is 5.69 Å². The molecule has 2 aromatic rings. The third-order valence-electron chi connectivity index (χ3n) is 2.92. The first kappa shape index (κ1) is 11.3. The normalized spacial score (nSPS) is 17.6. The van der Waals surface area contributed by atoms with Gasteiger partial charge in [-0.1, -0.05) is 0 Å². The molecule has 0 aromatic heterocycles. The van der Waals surface area contributed by atoms with E-state index < -0.39 is 0 Å². The predicted molar refractivity (Wildman–Crippen MR) is 71.2 cm³/mol. The number of nitrogens with zero attached hydrogens (tertiary/aromatic N) is 1. The number of rotatable bonds is 2. The molecular weight excluding hydrogens is 293 g/mol. The van der Waals surface area contributed by atoms with Crippen LogP contribution < -0.4 is 8.38 Å². The molecule has 1 heterocycles. The Labute approximate surface area is 111 Å². The van der Waals surface area contributed by atoms with Crippen LogP contribution in [0.15, 0.2) is 48.5 Å². The molecule has 1 unspecified atom stereocenters. The number of benzene rings is 2. The summed E-state index contributed by atoms with van der Waals surface area (Å²) in [6.07, 6.45) is 0.987. The Morgan fingerprint density at radius 2 is 1.83 bits per heavy atom. The van der Waals surface area contributed by atoms with Crippen LogP contribution in [0.25, 0.3) is 0 Å². The number of carbonyl (C=O) groups is 1. The maximum absolute atomic E-state index is 11.3. The standard InChI is InChI=1S/C14H11NO2Se/c16-9-13-12-3-1-2-4-14(12)18-15(13)10-5-7-11(17)8-6-10/h1-9,13,17H. The minimum atomic E-state index is -0.203. The maximum atomic E-state index is 11.3. The molecule has 4 heteroatoms. The first-order chi connectivity index (χ1) is 8.79. The molecule has 3 rings (SSSR count). The Kier molecular flexibility index (Phi) is 2.82. The van der Waals surface area contributed by atoms with Crippen LogP contribution in [-0.2, 0) is 4.79 Å². The van der Waals surface area contributed by atoms with Gasteiger partial charge in [-0.15, -0.1) is 0 Å². The Morgan fingerprint density at radius 1 is 1.11 bits per heavy atom. The summed E-state index contributed by atoms with van der Waals surface area (Å²) < 4.78 is 3.35. The molecule has 2 aromatic carbocycles. The van der Waals surface area contributed by atoms with E-state index in [-0.39, 0.29) is 27.0 Å². The second-order valence-electron chi connectivity index (χ2n) is 4.05. The van der Waals surface area contributed by atoms with Gasteiger partial charge >= 0.3 is 111 Å². The molecule has 0 radical (unpaired) electrons. The molecule has 0 saturated carbocycles. The van der Waals surface area contributed by atoms with Crippen LogP contribution in [0, 0.1) is 0 Å². The monoisotopic (exact) mass is 305 g/mol. The third-order valence-corrected chi connectivity index (χ3v) is 5.44. The van der Waals surface area contributed by atoms with E-state index in [9.17, 15) is 9.90 Å². The summed E-state index contributed by atoms with van der Waals surface area (Å²) in [5, 5.41) is 9.31. The van der Waals surface area contributed by atoms with E-state index in [2.05, 4.69) is 9.98 Å². The van der Waals surface area contributed by atoms with Gasteiger partial charge in [0.15, 0.2) is 0 Å². The Bertz CT molecular complexity index is 583. The van der Waals surface area contributed by atoms with Crippen LogP contribution in [0.1, 0.15) is 11.6 Å².